The molecule has 2 N–H and O–H groups in total. The zero-order chi connectivity index (χ0) is 22.9. The number of carbonyl (C=O) groups excluding carboxylic acids is 3. The van der Waals surface area contributed by atoms with Crippen LogP contribution in [0.2, 0.25) is 0 Å². The quantitative estimate of drug-likeness (QED) is 0.193. The molecule has 0 saturated heterocycles. The summed E-state index contributed by atoms with van der Waals surface area (Å²) in [4.78, 5) is 36.2. The number of anilines is 1. The smallest absolute Gasteiger partial charge is 0.379 e. The summed E-state index contributed by atoms with van der Waals surface area (Å²) in [6, 6.07) is 16.4. The Balaban J connectivity index is 1.57. The monoisotopic (exact) mass is 435 g/mol. The predicted octanol–water partition coefficient (Wildman–Crippen LogP) is 3.38. The first-order valence-electron chi connectivity index (χ1n) is 9.71. The van der Waals surface area contributed by atoms with Crippen LogP contribution in [0.4, 0.5) is 5.69 Å². The molecule has 2 aromatic carbocycles. The van der Waals surface area contributed by atoms with Gasteiger partial charge in [0.05, 0.1) is 24.3 Å². The fourth-order valence-electron chi connectivity index (χ4n) is 2.60. The Bertz CT molecular complexity index is 1120. The van der Waals surface area contributed by atoms with E-state index in [2.05, 4.69) is 15.8 Å². The number of ether oxygens (including phenoxy) is 2. The molecule has 1 heterocycles. The van der Waals surface area contributed by atoms with Crippen LogP contribution in [0.5, 0.6) is 11.5 Å². The average molecular weight is 435 g/mol. The van der Waals surface area contributed by atoms with Gasteiger partial charge in [0.2, 0.25) is 5.76 Å². The normalized spacial score (nSPS) is 10.9. The van der Waals surface area contributed by atoms with Crippen LogP contribution in [0.25, 0.3) is 0 Å². The Morgan fingerprint density at radius 3 is 2.41 bits per heavy atom. The van der Waals surface area contributed by atoms with Gasteiger partial charge in [-0.15, -0.1) is 0 Å². The summed E-state index contributed by atoms with van der Waals surface area (Å²) in [7, 11) is 0. The lowest BCUT2D eigenvalue weighted by Crippen LogP contribution is -2.33. The average Bonchev–Trinajstić information content (AvgIpc) is 3.34. The second-order valence-electron chi connectivity index (χ2n) is 6.41. The van der Waals surface area contributed by atoms with Gasteiger partial charge in [-0.3, -0.25) is 9.59 Å². The number of hydrazone groups is 1. The number of para-hydroxylation sites is 2. The van der Waals surface area contributed by atoms with Crippen molar-refractivity contribution in [3.05, 3.63) is 78.3 Å². The number of amides is 2. The Morgan fingerprint density at radius 2 is 1.72 bits per heavy atom. The lowest BCUT2D eigenvalue weighted by Gasteiger charge is -2.10. The molecule has 32 heavy (non-hydrogen) atoms. The second-order valence-corrected chi connectivity index (χ2v) is 6.41. The van der Waals surface area contributed by atoms with E-state index in [1.54, 1.807) is 61.5 Å². The van der Waals surface area contributed by atoms with Crippen molar-refractivity contribution in [2.75, 3.05) is 11.9 Å². The highest BCUT2D eigenvalue weighted by Crippen LogP contribution is 2.23. The van der Waals surface area contributed by atoms with Gasteiger partial charge in [0, 0.05) is 0 Å². The van der Waals surface area contributed by atoms with Crippen molar-refractivity contribution in [1.82, 2.24) is 5.43 Å². The van der Waals surface area contributed by atoms with Crippen LogP contribution in [0, 0.1) is 0 Å². The zero-order valence-corrected chi connectivity index (χ0v) is 17.5. The third kappa shape index (κ3) is 5.82. The summed E-state index contributed by atoms with van der Waals surface area (Å²) < 4.78 is 15.6. The molecule has 9 heteroatoms. The van der Waals surface area contributed by atoms with Gasteiger partial charge in [0.15, 0.2) is 0 Å². The van der Waals surface area contributed by atoms with Gasteiger partial charge in [0.1, 0.15) is 11.5 Å². The summed E-state index contributed by atoms with van der Waals surface area (Å²) in [6.07, 6.45) is 1.38. The van der Waals surface area contributed by atoms with Gasteiger partial charge in [0.25, 0.3) is 0 Å². The standard InChI is InChI=1S/C23H21N3O6/c1-3-30-19-8-5-4-7-18(19)24-21(27)22(28)26-25-15(2)16-10-12-17(13-11-16)32-23(29)20-9-6-14-31-20/h4-14H,3H2,1-2H3,(H,24,27)(H,26,28). The fraction of sp³-hybridized carbons (Fsp3) is 0.130. The molecule has 0 atom stereocenters. The van der Waals surface area contributed by atoms with E-state index in [-0.39, 0.29) is 5.76 Å². The van der Waals surface area contributed by atoms with E-state index in [0.29, 0.717) is 35.1 Å². The number of carbonyl (C=O) groups is 3. The summed E-state index contributed by atoms with van der Waals surface area (Å²) in [5.41, 5.74) is 3.71. The van der Waals surface area contributed by atoms with E-state index in [1.165, 1.54) is 12.3 Å². The minimum atomic E-state index is -0.931. The molecule has 0 aliphatic carbocycles. The van der Waals surface area contributed by atoms with Gasteiger partial charge in [-0.25, -0.2) is 10.2 Å². The number of furan rings is 1. The van der Waals surface area contributed by atoms with Gasteiger partial charge in [-0.05, 0) is 67.9 Å². The second kappa shape index (κ2) is 10.6. The molecule has 0 fully saturated rings. The first-order valence-corrected chi connectivity index (χ1v) is 9.71. The van der Waals surface area contributed by atoms with Crippen molar-refractivity contribution in [1.29, 1.82) is 0 Å². The number of nitrogens with one attached hydrogen (secondary N) is 2. The Hall–Kier alpha value is -4.40. The molecular formula is C23H21N3O6. The highest BCUT2D eigenvalue weighted by Gasteiger charge is 2.16. The van der Waals surface area contributed by atoms with Crippen LogP contribution in [-0.2, 0) is 9.59 Å². The summed E-state index contributed by atoms with van der Waals surface area (Å²) in [6.45, 7) is 3.90. The van der Waals surface area contributed by atoms with Crippen LogP contribution in [0.1, 0.15) is 30.0 Å². The number of benzene rings is 2. The summed E-state index contributed by atoms with van der Waals surface area (Å²) in [5, 5.41) is 6.44. The van der Waals surface area contributed by atoms with E-state index >= 15 is 0 Å². The minimum absolute atomic E-state index is 0.0942. The largest absolute Gasteiger partial charge is 0.492 e. The molecule has 0 bridgehead atoms. The molecule has 9 nitrogen and oxygen atoms in total. The van der Waals surface area contributed by atoms with E-state index in [4.69, 9.17) is 13.9 Å². The molecule has 3 aromatic rings. The first kappa shape index (κ1) is 22.3. The Morgan fingerprint density at radius 1 is 0.969 bits per heavy atom. The number of hydrogen-bond acceptors (Lipinski definition) is 7. The van der Waals surface area contributed by atoms with Crippen molar-refractivity contribution in [3.8, 4) is 11.5 Å². The summed E-state index contributed by atoms with van der Waals surface area (Å²) in [5.74, 6) is -1.55. The molecule has 164 valence electrons. The molecule has 3 rings (SSSR count). The van der Waals surface area contributed by atoms with Gasteiger partial charge >= 0.3 is 17.8 Å². The van der Waals surface area contributed by atoms with Gasteiger partial charge in [-0.1, -0.05) is 12.1 Å². The lowest BCUT2D eigenvalue weighted by molar-refractivity contribution is -0.136. The number of hydrogen-bond donors (Lipinski definition) is 2. The molecule has 0 unspecified atom stereocenters. The van der Waals surface area contributed by atoms with Gasteiger partial charge in [-0.2, -0.15) is 5.10 Å². The van der Waals surface area contributed by atoms with E-state index in [0.717, 1.165) is 0 Å². The maximum absolute atomic E-state index is 12.2. The molecule has 0 aliphatic heterocycles. The Kier molecular flexibility index (Phi) is 7.37. The third-order valence-corrected chi connectivity index (χ3v) is 4.17. The van der Waals surface area contributed by atoms with Crippen molar-refractivity contribution >= 4 is 29.2 Å². The van der Waals surface area contributed by atoms with E-state index in [1.807, 2.05) is 6.92 Å². The van der Waals surface area contributed by atoms with Crippen LogP contribution < -0.4 is 20.2 Å². The van der Waals surface area contributed by atoms with Crippen LogP contribution in [0.15, 0.2) is 76.4 Å². The Labute approximate surface area is 184 Å². The first-order chi connectivity index (χ1) is 15.5. The molecular weight excluding hydrogens is 414 g/mol. The molecule has 1 aromatic heterocycles. The SMILES string of the molecule is CCOc1ccccc1NC(=O)C(=O)NN=C(C)c1ccc(OC(=O)c2ccco2)cc1. The van der Waals surface area contributed by atoms with E-state index in [9.17, 15) is 14.4 Å². The van der Waals surface area contributed by atoms with Crippen LogP contribution in [0.3, 0.4) is 0 Å². The summed E-state index contributed by atoms with van der Waals surface area (Å²) >= 11 is 0. The molecule has 0 radical (unpaired) electrons. The number of nitrogens with zero attached hydrogens (tertiary/aromatic N) is 1. The zero-order valence-electron chi connectivity index (χ0n) is 17.5. The van der Waals surface area contributed by atoms with Crippen LogP contribution in [-0.4, -0.2) is 30.1 Å². The van der Waals surface area contributed by atoms with Crippen LogP contribution >= 0.6 is 0 Å². The number of esters is 1. The maximum Gasteiger partial charge on any atom is 0.379 e. The van der Waals surface area contributed by atoms with Crippen molar-refractivity contribution in [2.45, 2.75) is 13.8 Å². The minimum Gasteiger partial charge on any atom is -0.492 e. The third-order valence-electron chi connectivity index (χ3n) is 4.17. The van der Waals surface area contributed by atoms with Crippen molar-refractivity contribution < 1.29 is 28.3 Å². The lowest BCUT2D eigenvalue weighted by atomic mass is 10.1. The molecule has 2 amide bonds. The van der Waals surface area contributed by atoms with Gasteiger partial charge < -0.3 is 19.2 Å². The maximum atomic E-state index is 12.2. The fourth-order valence-corrected chi connectivity index (χ4v) is 2.60. The van der Waals surface area contributed by atoms with E-state index < -0.39 is 17.8 Å². The molecule has 0 saturated carbocycles. The molecule has 0 aliphatic rings. The highest BCUT2D eigenvalue weighted by molar-refractivity contribution is 6.39. The van der Waals surface area contributed by atoms with Crippen molar-refractivity contribution in [3.63, 3.8) is 0 Å². The predicted molar refractivity (Wildman–Crippen MR) is 117 cm³/mol. The number of rotatable bonds is 7. The molecule has 0 spiro atoms. The van der Waals surface area contributed by atoms with Crippen molar-refractivity contribution in [2.24, 2.45) is 5.10 Å². The highest BCUT2D eigenvalue weighted by atomic mass is 16.5. The topological polar surface area (TPSA) is 119 Å².